The number of piperazine rings is 1. The van der Waals surface area contributed by atoms with Crippen molar-refractivity contribution in [2.75, 3.05) is 46.6 Å². The van der Waals surface area contributed by atoms with E-state index in [0.717, 1.165) is 49.8 Å². The lowest BCUT2D eigenvalue weighted by molar-refractivity contribution is -0.132. The van der Waals surface area contributed by atoms with Crippen LogP contribution in [-0.4, -0.2) is 62.3 Å². The van der Waals surface area contributed by atoms with E-state index >= 15 is 0 Å². The van der Waals surface area contributed by atoms with Crippen LogP contribution in [0, 0.1) is 0 Å². The van der Waals surface area contributed by atoms with Gasteiger partial charge in [-0.25, -0.2) is 0 Å². The minimum atomic E-state index is 0.242. The van der Waals surface area contributed by atoms with Gasteiger partial charge in [-0.15, -0.1) is 0 Å². The Bertz CT molecular complexity index is 527. The van der Waals surface area contributed by atoms with Crippen molar-refractivity contribution in [3.63, 3.8) is 0 Å². The summed E-state index contributed by atoms with van der Waals surface area (Å²) in [5.74, 6) is 1.84. The van der Waals surface area contributed by atoms with Crippen LogP contribution in [-0.2, 0) is 11.3 Å². The number of hydrogen-bond donors (Lipinski definition) is 1. The monoisotopic (exact) mass is 305 g/mol. The summed E-state index contributed by atoms with van der Waals surface area (Å²) in [7, 11) is 2.09. The molecule has 0 aromatic heterocycles. The van der Waals surface area contributed by atoms with E-state index in [9.17, 15) is 4.79 Å². The minimum absolute atomic E-state index is 0.242. The lowest BCUT2D eigenvalue weighted by Crippen LogP contribution is -2.47. The lowest BCUT2D eigenvalue weighted by Gasteiger charge is -2.32. The van der Waals surface area contributed by atoms with E-state index in [4.69, 9.17) is 9.47 Å². The Hall–Kier alpha value is -1.79. The Kier molecular flexibility index (Phi) is 4.80. The third-order valence-electron chi connectivity index (χ3n) is 4.14. The number of nitrogens with one attached hydrogen (secondary N) is 1. The number of carbonyl (C=O) groups excluding carboxylic acids is 1. The van der Waals surface area contributed by atoms with Gasteiger partial charge in [0.2, 0.25) is 12.7 Å². The van der Waals surface area contributed by atoms with E-state index < -0.39 is 0 Å². The highest BCUT2D eigenvalue weighted by atomic mass is 16.7. The Morgan fingerprint density at radius 2 is 1.95 bits per heavy atom. The number of amides is 1. The van der Waals surface area contributed by atoms with Crippen LogP contribution in [0.2, 0.25) is 0 Å². The number of carbonyl (C=O) groups is 1. The second kappa shape index (κ2) is 6.98. The second-order valence-electron chi connectivity index (χ2n) is 5.80. The van der Waals surface area contributed by atoms with E-state index in [1.807, 2.05) is 23.1 Å². The summed E-state index contributed by atoms with van der Waals surface area (Å²) in [6, 6.07) is 5.93. The molecule has 2 heterocycles. The number of likely N-dealkylation sites (N-methyl/N-ethyl adjacent to an activating group) is 1. The maximum atomic E-state index is 12.1. The Morgan fingerprint density at radius 1 is 1.18 bits per heavy atom. The standard InChI is InChI=1S/C16H23N3O3/c1-18-6-8-19(9-7-18)16(20)4-5-17-11-13-2-3-14-15(10-13)22-12-21-14/h2-3,10,17H,4-9,11-12H2,1H3. The van der Waals surface area contributed by atoms with Gasteiger partial charge in [0.15, 0.2) is 11.5 Å². The quantitative estimate of drug-likeness (QED) is 0.810. The van der Waals surface area contributed by atoms with Gasteiger partial charge in [-0.05, 0) is 24.7 Å². The maximum Gasteiger partial charge on any atom is 0.231 e. The molecule has 0 aliphatic carbocycles. The average Bonchev–Trinajstić information content (AvgIpc) is 2.99. The molecule has 0 bridgehead atoms. The first-order valence-corrected chi connectivity index (χ1v) is 7.78. The summed E-state index contributed by atoms with van der Waals surface area (Å²) in [6.45, 7) is 5.35. The molecule has 0 unspecified atom stereocenters. The van der Waals surface area contributed by atoms with Gasteiger partial charge in [-0.2, -0.15) is 0 Å². The first kappa shape index (κ1) is 15.1. The number of ether oxygens (including phenoxy) is 2. The number of hydrogen-bond acceptors (Lipinski definition) is 5. The molecule has 1 aromatic rings. The molecule has 0 spiro atoms. The molecule has 120 valence electrons. The molecule has 6 heteroatoms. The maximum absolute atomic E-state index is 12.1. The normalized spacial score (nSPS) is 17.8. The van der Waals surface area contributed by atoms with Crippen molar-refractivity contribution in [1.82, 2.24) is 15.1 Å². The van der Waals surface area contributed by atoms with Crippen molar-refractivity contribution in [3.8, 4) is 11.5 Å². The molecule has 22 heavy (non-hydrogen) atoms. The van der Waals surface area contributed by atoms with Crippen LogP contribution in [0.5, 0.6) is 11.5 Å². The Labute approximate surface area is 131 Å². The molecule has 1 saturated heterocycles. The minimum Gasteiger partial charge on any atom is -0.454 e. The van der Waals surface area contributed by atoms with Crippen molar-refractivity contribution in [2.45, 2.75) is 13.0 Å². The summed E-state index contributed by atoms with van der Waals surface area (Å²) in [6.07, 6.45) is 0.550. The van der Waals surface area contributed by atoms with E-state index in [0.29, 0.717) is 19.8 Å². The van der Waals surface area contributed by atoms with Gasteiger partial charge >= 0.3 is 0 Å². The predicted octanol–water partition coefficient (Wildman–Crippen LogP) is 0.669. The molecule has 3 rings (SSSR count). The molecule has 1 fully saturated rings. The first-order valence-electron chi connectivity index (χ1n) is 7.78. The smallest absolute Gasteiger partial charge is 0.231 e. The van der Waals surface area contributed by atoms with E-state index in [-0.39, 0.29) is 5.91 Å². The fourth-order valence-corrected chi connectivity index (χ4v) is 2.69. The molecule has 1 aromatic carbocycles. The SMILES string of the molecule is CN1CCN(C(=O)CCNCc2ccc3c(c2)OCO3)CC1. The zero-order valence-corrected chi connectivity index (χ0v) is 13.0. The van der Waals surface area contributed by atoms with Gasteiger partial charge in [0.25, 0.3) is 0 Å². The highest BCUT2D eigenvalue weighted by molar-refractivity contribution is 5.76. The van der Waals surface area contributed by atoms with Crippen molar-refractivity contribution in [2.24, 2.45) is 0 Å². The van der Waals surface area contributed by atoms with E-state index in [2.05, 4.69) is 17.3 Å². The number of rotatable bonds is 5. The van der Waals surface area contributed by atoms with Crippen LogP contribution in [0.15, 0.2) is 18.2 Å². The van der Waals surface area contributed by atoms with Gasteiger partial charge in [0.05, 0.1) is 0 Å². The molecule has 1 N–H and O–H groups in total. The summed E-state index contributed by atoms with van der Waals surface area (Å²) in [4.78, 5) is 16.3. The molecule has 0 radical (unpaired) electrons. The summed E-state index contributed by atoms with van der Waals surface area (Å²) < 4.78 is 10.6. The summed E-state index contributed by atoms with van der Waals surface area (Å²) >= 11 is 0. The highest BCUT2D eigenvalue weighted by Crippen LogP contribution is 2.32. The third kappa shape index (κ3) is 3.69. The zero-order valence-electron chi connectivity index (χ0n) is 13.0. The van der Waals surface area contributed by atoms with Gasteiger partial charge < -0.3 is 24.6 Å². The molecule has 2 aliphatic heterocycles. The van der Waals surface area contributed by atoms with Crippen LogP contribution in [0.1, 0.15) is 12.0 Å². The van der Waals surface area contributed by atoms with E-state index in [1.54, 1.807) is 0 Å². The Balaban J connectivity index is 1.37. The van der Waals surface area contributed by atoms with Gasteiger partial charge in [-0.3, -0.25) is 4.79 Å². The van der Waals surface area contributed by atoms with Crippen molar-refractivity contribution in [1.29, 1.82) is 0 Å². The van der Waals surface area contributed by atoms with Crippen molar-refractivity contribution in [3.05, 3.63) is 23.8 Å². The summed E-state index contributed by atoms with van der Waals surface area (Å²) in [5.41, 5.74) is 1.14. The van der Waals surface area contributed by atoms with E-state index in [1.165, 1.54) is 0 Å². The lowest BCUT2D eigenvalue weighted by atomic mass is 10.2. The fraction of sp³-hybridized carbons (Fsp3) is 0.562. The number of nitrogens with zero attached hydrogens (tertiary/aromatic N) is 2. The molecular formula is C16H23N3O3. The van der Waals surface area contributed by atoms with Gasteiger partial charge in [0, 0.05) is 45.7 Å². The topological polar surface area (TPSA) is 54.0 Å². The van der Waals surface area contributed by atoms with Gasteiger partial charge in [-0.1, -0.05) is 6.07 Å². The molecule has 0 saturated carbocycles. The van der Waals surface area contributed by atoms with Crippen LogP contribution in [0.3, 0.4) is 0 Å². The van der Waals surface area contributed by atoms with Crippen molar-refractivity contribution >= 4 is 5.91 Å². The highest BCUT2D eigenvalue weighted by Gasteiger charge is 2.18. The molecular weight excluding hydrogens is 282 g/mol. The molecule has 2 aliphatic rings. The number of fused-ring (bicyclic) bond motifs is 1. The molecule has 0 atom stereocenters. The molecule has 6 nitrogen and oxygen atoms in total. The zero-order chi connectivity index (χ0) is 15.4. The largest absolute Gasteiger partial charge is 0.454 e. The van der Waals surface area contributed by atoms with Crippen LogP contribution in [0.25, 0.3) is 0 Å². The van der Waals surface area contributed by atoms with Crippen molar-refractivity contribution < 1.29 is 14.3 Å². The third-order valence-corrected chi connectivity index (χ3v) is 4.14. The predicted molar refractivity (Wildman–Crippen MR) is 83.0 cm³/mol. The average molecular weight is 305 g/mol. The fourth-order valence-electron chi connectivity index (χ4n) is 2.69. The van der Waals surface area contributed by atoms with Gasteiger partial charge in [0.1, 0.15) is 0 Å². The summed E-state index contributed by atoms with van der Waals surface area (Å²) in [5, 5.41) is 3.32. The van der Waals surface area contributed by atoms with Crippen LogP contribution < -0.4 is 14.8 Å². The van der Waals surface area contributed by atoms with Crippen LogP contribution in [0.4, 0.5) is 0 Å². The Morgan fingerprint density at radius 3 is 2.77 bits per heavy atom. The number of benzene rings is 1. The van der Waals surface area contributed by atoms with Crippen LogP contribution >= 0.6 is 0 Å². The first-order chi connectivity index (χ1) is 10.7. The second-order valence-corrected chi connectivity index (χ2v) is 5.80. The molecule has 1 amide bonds.